The Morgan fingerprint density at radius 3 is 2.44 bits per heavy atom. The van der Waals surface area contributed by atoms with E-state index in [1.807, 2.05) is 48.3 Å². The molecule has 0 saturated heterocycles. The number of aromatic nitrogens is 1. The fourth-order valence-electron chi connectivity index (χ4n) is 6.07. The maximum absolute atomic E-state index is 16.1. The number of aliphatic imine (C=N–C) groups is 1. The van der Waals surface area contributed by atoms with Gasteiger partial charge in [0.15, 0.2) is 17.3 Å². The summed E-state index contributed by atoms with van der Waals surface area (Å²) in [7, 11) is 3.19. The van der Waals surface area contributed by atoms with Crippen molar-refractivity contribution in [1.82, 2.24) is 9.88 Å². The first-order valence-electron chi connectivity index (χ1n) is 16.3. The minimum absolute atomic E-state index is 0.00564. The SMILES string of the molecule is COC(=O)C1(Oc2ccc(Oc3c(F)cnc(Oc4cc(C#N)ccc4OCc4ccccc4)c3F)c(C3N=CCN3C)c2)CCCCCC1. The molecular formula is C38H36F2N4O6. The number of rotatable bonds is 11. The molecule has 1 saturated carbocycles. The van der Waals surface area contributed by atoms with Crippen molar-refractivity contribution in [2.24, 2.45) is 4.99 Å². The third-order valence-corrected chi connectivity index (χ3v) is 8.70. The normalized spacial score (nSPS) is 17.0. The van der Waals surface area contributed by atoms with E-state index >= 15 is 8.78 Å². The number of ether oxygens (including phenoxy) is 5. The Hall–Kier alpha value is -5.54. The molecule has 2 aliphatic rings. The molecule has 12 heteroatoms. The lowest BCUT2D eigenvalue weighted by Crippen LogP contribution is -2.45. The highest BCUT2D eigenvalue weighted by Crippen LogP contribution is 2.42. The molecular weight excluding hydrogens is 646 g/mol. The Bertz CT molecular complexity index is 1910. The van der Waals surface area contributed by atoms with Crippen LogP contribution in [-0.4, -0.2) is 48.4 Å². The van der Waals surface area contributed by atoms with Crippen molar-refractivity contribution < 1.29 is 37.3 Å². The minimum atomic E-state index is -1.21. The third kappa shape index (κ3) is 7.53. The molecule has 0 N–H and O–H groups in total. The van der Waals surface area contributed by atoms with Gasteiger partial charge in [-0.3, -0.25) is 9.89 Å². The Labute approximate surface area is 288 Å². The summed E-state index contributed by atoms with van der Waals surface area (Å²) in [5.41, 5.74) is 0.419. The third-order valence-electron chi connectivity index (χ3n) is 8.70. The number of nitrogens with zero attached hydrogens (tertiary/aromatic N) is 4. The quantitative estimate of drug-likeness (QED) is 0.114. The van der Waals surface area contributed by atoms with Gasteiger partial charge in [-0.15, -0.1) is 0 Å². The summed E-state index contributed by atoms with van der Waals surface area (Å²) in [5.74, 6) is -3.37. The monoisotopic (exact) mass is 682 g/mol. The van der Waals surface area contributed by atoms with Crippen molar-refractivity contribution >= 4 is 12.2 Å². The number of carbonyl (C=O) groups is 1. The van der Waals surface area contributed by atoms with Gasteiger partial charge in [-0.2, -0.15) is 9.65 Å². The summed E-state index contributed by atoms with van der Waals surface area (Å²) in [5, 5.41) is 9.49. The van der Waals surface area contributed by atoms with Crippen LogP contribution in [0.4, 0.5) is 8.78 Å². The summed E-state index contributed by atoms with van der Waals surface area (Å²) < 4.78 is 60.6. The molecule has 0 amide bonds. The van der Waals surface area contributed by atoms with Crippen LogP contribution in [0.25, 0.3) is 0 Å². The molecule has 3 aromatic carbocycles. The van der Waals surface area contributed by atoms with Gasteiger partial charge in [0, 0.05) is 24.4 Å². The average Bonchev–Trinajstić information content (AvgIpc) is 3.42. The second-order valence-electron chi connectivity index (χ2n) is 12.2. The molecule has 0 spiro atoms. The van der Waals surface area contributed by atoms with Crippen molar-refractivity contribution in [1.29, 1.82) is 5.26 Å². The van der Waals surface area contributed by atoms with Gasteiger partial charge in [0.05, 0.1) is 24.9 Å². The molecule has 258 valence electrons. The lowest BCUT2D eigenvalue weighted by Gasteiger charge is -2.31. The summed E-state index contributed by atoms with van der Waals surface area (Å²) in [6, 6.07) is 20.6. The Kier molecular flexibility index (Phi) is 10.5. The van der Waals surface area contributed by atoms with E-state index in [-0.39, 0.29) is 29.4 Å². The molecule has 6 rings (SSSR count). The van der Waals surface area contributed by atoms with E-state index < -0.39 is 41.0 Å². The number of esters is 1. The lowest BCUT2D eigenvalue weighted by molar-refractivity contribution is -0.160. The average molecular weight is 683 g/mol. The zero-order valence-electron chi connectivity index (χ0n) is 27.7. The van der Waals surface area contributed by atoms with E-state index in [9.17, 15) is 10.1 Å². The fraction of sp³-hybridized carbons (Fsp3) is 0.316. The smallest absolute Gasteiger partial charge is 0.350 e. The van der Waals surface area contributed by atoms with Gasteiger partial charge in [0.1, 0.15) is 24.3 Å². The van der Waals surface area contributed by atoms with Gasteiger partial charge in [-0.25, -0.2) is 14.2 Å². The Morgan fingerprint density at radius 2 is 1.74 bits per heavy atom. The number of methoxy groups -OCH3 is 1. The molecule has 1 atom stereocenters. The number of hydrogen-bond acceptors (Lipinski definition) is 10. The zero-order valence-corrected chi connectivity index (χ0v) is 27.7. The highest BCUT2D eigenvalue weighted by atomic mass is 19.1. The molecule has 50 heavy (non-hydrogen) atoms. The van der Waals surface area contributed by atoms with Crippen LogP contribution < -0.4 is 18.9 Å². The highest BCUT2D eigenvalue weighted by Gasteiger charge is 2.42. The number of nitriles is 1. The van der Waals surface area contributed by atoms with Gasteiger partial charge in [-0.05, 0) is 68.6 Å². The largest absolute Gasteiger partial charge is 0.485 e. The van der Waals surface area contributed by atoms with E-state index in [1.165, 1.54) is 31.4 Å². The molecule has 1 fully saturated rings. The van der Waals surface area contributed by atoms with Gasteiger partial charge in [0.2, 0.25) is 17.2 Å². The first kappa shape index (κ1) is 34.3. The van der Waals surface area contributed by atoms with Crippen LogP contribution in [-0.2, 0) is 16.1 Å². The van der Waals surface area contributed by atoms with Crippen molar-refractivity contribution in [2.75, 3.05) is 20.7 Å². The molecule has 2 heterocycles. The van der Waals surface area contributed by atoms with Crippen LogP contribution in [0.15, 0.2) is 77.9 Å². The van der Waals surface area contributed by atoms with Gasteiger partial charge < -0.3 is 23.7 Å². The van der Waals surface area contributed by atoms with Gasteiger partial charge in [0.25, 0.3) is 5.88 Å². The van der Waals surface area contributed by atoms with E-state index in [1.54, 1.807) is 18.3 Å². The first-order chi connectivity index (χ1) is 24.3. The molecule has 4 aromatic rings. The van der Waals surface area contributed by atoms with Crippen LogP contribution in [0.1, 0.15) is 61.4 Å². The summed E-state index contributed by atoms with van der Waals surface area (Å²) in [6.07, 6.45) is 6.56. The van der Waals surface area contributed by atoms with Crippen molar-refractivity contribution in [3.8, 4) is 40.7 Å². The molecule has 0 bridgehead atoms. The Morgan fingerprint density at radius 1 is 0.980 bits per heavy atom. The summed E-state index contributed by atoms with van der Waals surface area (Å²) >= 11 is 0. The van der Waals surface area contributed by atoms with Crippen molar-refractivity contribution in [3.63, 3.8) is 0 Å². The second kappa shape index (κ2) is 15.3. The maximum atomic E-state index is 16.1. The highest BCUT2D eigenvalue weighted by molar-refractivity contribution is 5.80. The van der Waals surface area contributed by atoms with Gasteiger partial charge >= 0.3 is 5.97 Å². The summed E-state index contributed by atoms with van der Waals surface area (Å²) in [4.78, 5) is 23.3. The molecule has 1 aromatic heterocycles. The first-order valence-corrected chi connectivity index (χ1v) is 16.3. The Balaban J connectivity index is 1.31. The number of pyridine rings is 1. The van der Waals surface area contributed by atoms with E-state index in [0.717, 1.165) is 37.4 Å². The molecule has 10 nitrogen and oxygen atoms in total. The molecule has 0 radical (unpaired) electrons. The van der Waals surface area contributed by atoms with Crippen LogP contribution >= 0.6 is 0 Å². The van der Waals surface area contributed by atoms with E-state index in [0.29, 0.717) is 30.7 Å². The van der Waals surface area contributed by atoms with Crippen LogP contribution in [0.5, 0.6) is 34.6 Å². The number of benzene rings is 3. The fourth-order valence-corrected chi connectivity index (χ4v) is 6.07. The molecule has 1 aliphatic heterocycles. The molecule has 1 aliphatic carbocycles. The second-order valence-corrected chi connectivity index (χ2v) is 12.2. The standard InChI is InChI=1S/C38H36F2N4O6/c1-44-19-18-42-35(44)28-21-27(50-38(37(45)46-2)16-8-3-4-9-17-38)13-15-30(28)48-34-29(39)23-43-36(33(34)40)49-32-20-26(22-41)12-14-31(32)47-24-25-10-6-5-7-11-25/h5-7,10-15,18,20-21,23,35H,3-4,8-9,16-17,19,24H2,1-2H3. The molecule has 1 unspecified atom stereocenters. The zero-order chi connectivity index (χ0) is 35.1. The minimum Gasteiger partial charge on any atom is -0.485 e. The van der Waals surface area contributed by atoms with E-state index in [2.05, 4.69) is 9.98 Å². The number of halogens is 2. The summed E-state index contributed by atoms with van der Waals surface area (Å²) in [6.45, 7) is 0.714. The van der Waals surface area contributed by atoms with E-state index in [4.69, 9.17) is 23.7 Å². The lowest BCUT2D eigenvalue weighted by atomic mass is 9.94. The van der Waals surface area contributed by atoms with Gasteiger partial charge in [-0.1, -0.05) is 43.2 Å². The van der Waals surface area contributed by atoms with Crippen LogP contribution in [0.2, 0.25) is 0 Å². The predicted molar refractivity (Wildman–Crippen MR) is 180 cm³/mol. The van der Waals surface area contributed by atoms with Crippen LogP contribution in [0, 0.1) is 23.0 Å². The number of carbonyl (C=O) groups excluding carboxylic acids is 1. The number of hydrogen-bond donors (Lipinski definition) is 0. The predicted octanol–water partition coefficient (Wildman–Crippen LogP) is 8.05. The topological polar surface area (TPSA) is 116 Å². The van der Waals surface area contributed by atoms with Crippen LogP contribution in [0.3, 0.4) is 0 Å². The van der Waals surface area contributed by atoms with Crippen molar-refractivity contribution in [2.45, 2.75) is 56.9 Å². The van der Waals surface area contributed by atoms with Crippen molar-refractivity contribution in [3.05, 3.63) is 101 Å². The maximum Gasteiger partial charge on any atom is 0.350 e.